The zero-order chi connectivity index (χ0) is 30.0. The van der Waals surface area contributed by atoms with E-state index in [2.05, 4.69) is 44.0 Å². The van der Waals surface area contributed by atoms with Gasteiger partial charge in [0, 0.05) is 68.6 Å². The average molecular weight is 581 g/mol. The number of rotatable bonds is 7. The van der Waals surface area contributed by atoms with Gasteiger partial charge in [0.2, 0.25) is 11.9 Å². The molecule has 0 radical (unpaired) electrons. The molecule has 3 amide bonds. The Kier molecular flexibility index (Phi) is 8.03. The average Bonchev–Trinajstić information content (AvgIpc) is 2.97. The molecule has 3 aromatic rings. The third-order valence-corrected chi connectivity index (χ3v) is 7.31. The van der Waals surface area contributed by atoms with Crippen molar-refractivity contribution >= 4 is 40.8 Å². The van der Waals surface area contributed by atoms with Gasteiger partial charge in [0.15, 0.2) is 0 Å². The number of urea groups is 1. The van der Waals surface area contributed by atoms with Crippen molar-refractivity contribution in [1.29, 1.82) is 0 Å². The molecule has 10 nitrogen and oxygen atoms in total. The van der Waals surface area contributed by atoms with E-state index in [4.69, 9.17) is 0 Å². The second-order valence-electron chi connectivity index (χ2n) is 10.3. The molecule has 1 aromatic heterocycles. The first-order valence-electron chi connectivity index (χ1n) is 13.3. The van der Waals surface area contributed by atoms with Crippen molar-refractivity contribution in [2.45, 2.75) is 19.3 Å². The molecule has 0 saturated carbocycles. The van der Waals surface area contributed by atoms with Gasteiger partial charge in [-0.1, -0.05) is 12.6 Å². The Bertz CT molecular complexity index is 1490. The summed E-state index contributed by atoms with van der Waals surface area (Å²) in [5, 5.41) is 5.60. The monoisotopic (exact) mass is 580 g/mol. The van der Waals surface area contributed by atoms with Crippen LogP contribution in [0.15, 0.2) is 61.3 Å². The Morgan fingerprint density at radius 2 is 1.79 bits per heavy atom. The number of carbonyl (C=O) groups excluding carboxylic acids is 2. The van der Waals surface area contributed by atoms with Gasteiger partial charge in [-0.05, 0) is 55.1 Å². The lowest BCUT2D eigenvalue weighted by Crippen LogP contribution is -2.45. The highest BCUT2D eigenvalue weighted by atomic mass is 19.4. The SMILES string of the molecule is C=CC(=O)Nc1cc(C(F)(F)F)ccc1CN1Cc2cnc(Nc3ccc(N4CCN(C)CC4)cc3)nc2N(C)C1=O. The van der Waals surface area contributed by atoms with Crippen LogP contribution in [-0.2, 0) is 24.1 Å². The fourth-order valence-corrected chi connectivity index (χ4v) is 4.91. The zero-order valence-corrected chi connectivity index (χ0v) is 23.3. The van der Waals surface area contributed by atoms with Crippen LogP contribution in [0.2, 0.25) is 0 Å². The molecule has 1 saturated heterocycles. The number of alkyl halides is 3. The van der Waals surface area contributed by atoms with Gasteiger partial charge in [0.05, 0.1) is 12.1 Å². The predicted octanol–water partition coefficient (Wildman–Crippen LogP) is 4.69. The summed E-state index contributed by atoms with van der Waals surface area (Å²) in [5.41, 5.74) is 1.98. The number of nitrogens with zero attached hydrogens (tertiary/aromatic N) is 6. The maximum Gasteiger partial charge on any atom is 0.416 e. The molecule has 0 aliphatic carbocycles. The first kappa shape index (κ1) is 28.9. The van der Waals surface area contributed by atoms with Crippen LogP contribution in [0.5, 0.6) is 0 Å². The van der Waals surface area contributed by atoms with Crippen LogP contribution in [0.25, 0.3) is 0 Å². The van der Waals surface area contributed by atoms with E-state index in [0.29, 0.717) is 22.9 Å². The minimum atomic E-state index is -4.60. The molecule has 2 aromatic carbocycles. The maximum atomic E-state index is 13.3. The van der Waals surface area contributed by atoms with E-state index in [-0.39, 0.29) is 18.8 Å². The molecule has 2 aliphatic rings. The van der Waals surface area contributed by atoms with Gasteiger partial charge in [-0.15, -0.1) is 0 Å². The number of benzene rings is 2. The highest BCUT2D eigenvalue weighted by molar-refractivity contribution is 5.99. The number of hydrogen-bond acceptors (Lipinski definition) is 7. The van der Waals surface area contributed by atoms with Gasteiger partial charge < -0.3 is 25.3 Å². The highest BCUT2D eigenvalue weighted by Gasteiger charge is 2.33. The number of halogens is 3. The van der Waals surface area contributed by atoms with Gasteiger partial charge >= 0.3 is 12.2 Å². The number of hydrogen-bond donors (Lipinski definition) is 2. The van der Waals surface area contributed by atoms with Crippen molar-refractivity contribution in [3.8, 4) is 0 Å². The molecule has 220 valence electrons. The molecular weight excluding hydrogens is 549 g/mol. The highest BCUT2D eigenvalue weighted by Crippen LogP contribution is 2.34. The number of fused-ring (bicyclic) bond motifs is 1. The quantitative estimate of drug-likeness (QED) is 0.392. The van der Waals surface area contributed by atoms with E-state index in [1.54, 1.807) is 13.2 Å². The summed E-state index contributed by atoms with van der Waals surface area (Å²) in [6.07, 6.45) is -2.01. The number of anilines is 5. The molecule has 5 rings (SSSR count). The summed E-state index contributed by atoms with van der Waals surface area (Å²) in [7, 11) is 3.69. The van der Waals surface area contributed by atoms with E-state index >= 15 is 0 Å². The Hall–Kier alpha value is -4.65. The summed E-state index contributed by atoms with van der Waals surface area (Å²) >= 11 is 0. The molecule has 0 spiro atoms. The Morgan fingerprint density at radius 1 is 1.07 bits per heavy atom. The van der Waals surface area contributed by atoms with Crippen LogP contribution >= 0.6 is 0 Å². The van der Waals surface area contributed by atoms with Crippen LogP contribution in [-0.4, -0.2) is 72.0 Å². The topological polar surface area (TPSA) is 96.9 Å². The summed E-state index contributed by atoms with van der Waals surface area (Å²) in [6.45, 7) is 7.41. The van der Waals surface area contributed by atoms with Crippen molar-refractivity contribution in [3.05, 3.63) is 78.0 Å². The summed E-state index contributed by atoms with van der Waals surface area (Å²) in [6, 6.07) is 10.6. The fraction of sp³-hybridized carbons (Fsp3) is 0.310. The minimum Gasteiger partial charge on any atom is -0.369 e. The Labute approximate surface area is 241 Å². The van der Waals surface area contributed by atoms with Crippen molar-refractivity contribution < 1.29 is 22.8 Å². The molecule has 0 atom stereocenters. The standard InChI is InChI=1S/C29H31F3N8O2/c1-4-25(41)35-24-15-21(29(30,31)32)6-5-19(24)17-40-18-20-16-33-27(36-26(20)38(3)28(40)42)34-22-7-9-23(10-8-22)39-13-11-37(2)12-14-39/h4-10,15-16H,1,11-14,17-18H2,2-3H3,(H,35,41)(H,33,34,36). The van der Waals surface area contributed by atoms with Gasteiger partial charge in [0.1, 0.15) is 5.82 Å². The second kappa shape index (κ2) is 11.7. The van der Waals surface area contributed by atoms with Gasteiger partial charge in [0.25, 0.3) is 0 Å². The third-order valence-electron chi connectivity index (χ3n) is 7.31. The summed E-state index contributed by atoms with van der Waals surface area (Å²) in [4.78, 5) is 41.6. The normalized spacial score (nSPS) is 15.8. The van der Waals surface area contributed by atoms with Crippen molar-refractivity contribution in [3.63, 3.8) is 0 Å². The molecule has 0 bridgehead atoms. The lowest BCUT2D eigenvalue weighted by atomic mass is 10.1. The minimum absolute atomic E-state index is 0.0485. The number of piperazine rings is 1. The molecular formula is C29H31F3N8O2. The van der Waals surface area contributed by atoms with Crippen LogP contribution < -0.4 is 20.4 Å². The number of nitrogens with one attached hydrogen (secondary N) is 2. The lowest BCUT2D eigenvalue weighted by Gasteiger charge is -2.34. The largest absolute Gasteiger partial charge is 0.416 e. The summed E-state index contributed by atoms with van der Waals surface area (Å²) < 4.78 is 39.9. The van der Waals surface area contributed by atoms with Gasteiger partial charge in [-0.25, -0.2) is 9.78 Å². The van der Waals surface area contributed by atoms with E-state index < -0.39 is 23.7 Å². The number of aromatic nitrogens is 2. The number of likely N-dealkylation sites (N-methyl/N-ethyl adjacent to an activating group) is 1. The van der Waals surface area contributed by atoms with Gasteiger partial charge in [-0.2, -0.15) is 18.2 Å². The number of carbonyl (C=O) groups is 2. The molecule has 1 fully saturated rings. The molecule has 2 N–H and O–H groups in total. The van der Waals surface area contributed by atoms with Crippen LogP contribution in [0.3, 0.4) is 0 Å². The molecule has 13 heteroatoms. The molecule has 2 aliphatic heterocycles. The van der Waals surface area contributed by atoms with E-state index in [0.717, 1.165) is 55.8 Å². The van der Waals surface area contributed by atoms with Crippen molar-refractivity contribution in [2.75, 3.05) is 60.7 Å². The van der Waals surface area contributed by atoms with E-state index in [1.807, 2.05) is 24.3 Å². The Morgan fingerprint density at radius 3 is 2.45 bits per heavy atom. The van der Waals surface area contributed by atoms with Gasteiger partial charge in [-0.3, -0.25) is 9.69 Å². The first-order valence-corrected chi connectivity index (χ1v) is 13.3. The summed E-state index contributed by atoms with van der Waals surface area (Å²) in [5.74, 6) is 0.0900. The second-order valence-corrected chi connectivity index (χ2v) is 10.3. The molecule has 42 heavy (non-hydrogen) atoms. The van der Waals surface area contributed by atoms with Crippen LogP contribution in [0.1, 0.15) is 16.7 Å². The smallest absolute Gasteiger partial charge is 0.369 e. The van der Waals surface area contributed by atoms with Crippen LogP contribution in [0, 0.1) is 0 Å². The Balaban J connectivity index is 1.30. The van der Waals surface area contributed by atoms with Crippen molar-refractivity contribution in [1.82, 2.24) is 19.8 Å². The fourth-order valence-electron chi connectivity index (χ4n) is 4.91. The first-order chi connectivity index (χ1) is 20.0. The zero-order valence-electron chi connectivity index (χ0n) is 23.3. The van der Waals surface area contributed by atoms with Crippen LogP contribution in [0.4, 0.5) is 46.8 Å². The molecule has 3 heterocycles. The predicted molar refractivity (Wildman–Crippen MR) is 155 cm³/mol. The van der Waals surface area contributed by atoms with E-state index in [1.165, 1.54) is 15.9 Å². The third kappa shape index (κ3) is 6.30. The number of amides is 3. The van der Waals surface area contributed by atoms with E-state index in [9.17, 15) is 22.8 Å². The lowest BCUT2D eigenvalue weighted by molar-refractivity contribution is -0.137. The molecule has 0 unspecified atom stereocenters. The van der Waals surface area contributed by atoms with Crippen molar-refractivity contribution in [2.24, 2.45) is 0 Å². The maximum absolute atomic E-state index is 13.3.